The third kappa shape index (κ3) is 4.34. The summed E-state index contributed by atoms with van der Waals surface area (Å²) in [5.41, 5.74) is 2.05. The highest BCUT2D eigenvalue weighted by Crippen LogP contribution is 2.33. The van der Waals surface area contributed by atoms with Gasteiger partial charge in [0, 0.05) is 37.2 Å². The number of nitrogens with zero attached hydrogens (tertiary/aromatic N) is 3. The Morgan fingerprint density at radius 3 is 2.72 bits per heavy atom. The number of carbonyl (C=O) groups excluding carboxylic acids is 1. The molecule has 1 aromatic carbocycles. The normalized spacial score (nSPS) is 10.6. The smallest absolute Gasteiger partial charge is 0.253 e. The topological polar surface area (TPSA) is 80.4 Å². The van der Waals surface area contributed by atoms with Crippen molar-refractivity contribution in [3.63, 3.8) is 0 Å². The summed E-state index contributed by atoms with van der Waals surface area (Å²) < 4.78 is 1.56. The van der Waals surface area contributed by atoms with E-state index in [0.29, 0.717) is 23.5 Å². The van der Waals surface area contributed by atoms with Crippen molar-refractivity contribution in [3.05, 3.63) is 67.8 Å². The number of anilines is 2. The van der Waals surface area contributed by atoms with Crippen molar-refractivity contribution < 1.29 is 4.79 Å². The van der Waals surface area contributed by atoms with Crippen LogP contribution in [0.15, 0.2) is 35.1 Å². The van der Waals surface area contributed by atoms with E-state index < -0.39 is 0 Å². The predicted molar refractivity (Wildman–Crippen MR) is 115 cm³/mol. The number of benzene rings is 1. The van der Waals surface area contributed by atoms with E-state index in [9.17, 15) is 9.59 Å². The number of hydrogen-bond donors (Lipinski definition) is 2. The maximum atomic E-state index is 12.6. The summed E-state index contributed by atoms with van der Waals surface area (Å²) in [6, 6.07) is 8.70. The van der Waals surface area contributed by atoms with Crippen molar-refractivity contribution in [1.29, 1.82) is 0 Å². The van der Waals surface area contributed by atoms with Crippen molar-refractivity contribution in [1.82, 2.24) is 14.9 Å². The molecule has 29 heavy (non-hydrogen) atoms. The fourth-order valence-electron chi connectivity index (χ4n) is 2.94. The highest BCUT2D eigenvalue weighted by atomic mass is 35.5. The molecule has 0 aliphatic heterocycles. The second-order valence-corrected chi connectivity index (χ2v) is 7.11. The van der Waals surface area contributed by atoms with Crippen molar-refractivity contribution in [3.8, 4) is 0 Å². The Kier molecular flexibility index (Phi) is 6.06. The molecule has 3 aromatic rings. The molecule has 9 heteroatoms. The fraction of sp³-hybridized carbons (Fsp3) is 0.200. The second kappa shape index (κ2) is 8.52. The quantitative estimate of drug-likeness (QED) is 0.470. The number of halogens is 2. The Morgan fingerprint density at radius 2 is 2.03 bits per heavy atom. The number of nitrogens with one attached hydrogen (secondary N) is 2. The van der Waals surface area contributed by atoms with Gasteiger partial charge >= 0.3 is 0 Å². The fourth-order valence-corrected chi connectivity index (χ4v) is 3.31. The molecule has 7 nitrogen and oxygen atoms in total. The summed E-state index contributed by atoms with van der Waals surface area (Å²) in [4.78, 5) is 31.5. The van der Waals surface area contributed by atoms with Crippen LogP contribution in [0.2, 0.25) is 10.2 Å². The van der Waals surface area contributed by atoms with E-state index >= 15 is 0 Å². The zero-order valence-electron chi connectivity index (χ0n) is 15.7. The number of pyridine rings is 2. The molecule has 2 aromatic heterocycles. The summed E-state index contributed by atoms with van der Waals surface area (Å²) >= 11 is 12.2. The summed E-state index contributed by atoms with van der Waals surface area (Å²) in [5, 5.41) is 6.80. The van der Waals surface area contributed by atoms with Gasteiger partial charge < -0.3 is 15.2 Å². The SMILES string of the molecule is [C-]#[N+]c1cc(Cl)c(Nc2ccc3c(c2)cc(CCC(=O)NC)c(=O)n3C)nc1Cl. The van der Waals surface area contributed by atoms with E-state index in [0.717, 1.165) is 10.9 Å². The molecule has 0 aliphatic rings. The molecular weight excluding hydrogens is 413 g/mol. The third-order valence-corrected chi connectivity index (χ3v) is 5.06. The molecule has 148 valence electrons. The van der Waals surface area contributed by atoms with Gasteiger partial charge in [0.25, 0.3) is 5.56 Å². The van der Waals surface area contributed by atoms with Crippen LogP contribution >= 0.6 is 23.2 Å². The first-order chi connectivity index (χ1) is 13.8. The molecule has 0 unspecified atom stereocenters. The minimum Gasteiger partial charge on any atom is -0.359 e. The highest BCUT2D eigenvalue weighted by molar-refractivity contribution is 6.36. The number of aryl methyl sites for hydroxylation is 2. The zero-order valence-corrected chi connectivity index (χ0v) is 17.2. The molecule has 2 heterocycles. The highest BCUT2D eigenvalue weighted by Gasteiger charge is 2.12. The minimum atomic E-state index is -0.131. The minimum absolute atomic E-state index is 0.0616. The van der Waals surface area contributed by atoms with Gasteiger partial charge in [-0.05, 0) is 36.8 Å². The molecule has 0 fully saturated rings. The molecule has 0 aliphatic carbocycles. The van der Waals surface area contributed by atoms with Gasteiger partial charge in [0.1, 0.15) is 11.0 Å². The molecule has 0 atom stereocenters. The van der Waals surface area contributed by atoms with Gasteiger partial charge in [0.2, 0.25) is 11.6 Å². The van der Waals surface area contributed by atoms with E-state index in [1.165, 1.54) is 6.07 Å². The molecule has 0 saturated carbocycles. The second-order valence-electron chi connectivity index (χ2n) is 6.35. The average Bonchev–Trinajstić information content (AvgIpc) is 2.71. The van der Waals surface area contributed by atoms with E-state index in [-0.39, 0.29) is 33.8 Å². The van der Waals surface area contributed by atoms with Crippen molar-refractivity contribution in [2.24, 2.45) is 7.05 Å². The summed E-state index contributed by atoms with van der Waals surface area (Å²) in [7, 11) is 3.26. The molecule has 0 radical (unpaired) electrons. The molecule has 1 amide bonds. The van der Waals surface area contributed by atoms with Gasteiger partial charge in [-0.2, -0.15) is 0 Å². The van der Waals surface area contributed by atoms with Crippen LogP contribution in [0.1, 0.15) is 12.0 Å². The number of aromatic nitrogens is 2. The van der Waals surface area contributed by atoms with Gasteiger partial charge in [-0.15, -0.1) is 0 Å². The maximum absolute atomic E-state index is 12.6. The number of amides is 1. The van der Waals surface area contributed by atoms with Crippen LogP contribution in [0.25, 0.3) is 15.7 Å². The first-order valence-corrected chi connectivity index (χ1v) is 9.43. The van der Waals surface area contributed by atoms with Gasteiger partial charge in [0.15, 0.2) is 0 Å². The van der Waals surface area contributed by atoms with Crippen molar-refractivity contribution in [2.45, 2.75) is 12.8 Å². The molecular formula is C20H17Cl2N5O2. The van der Waals surface area contributed by atoms with Crippen LogP contribution in [-0.2, 0) is 18.3 Å². The number of rotatable bonds is 5. The summed E-state index contributed by atoms with van der Waals surface area (Å²) in [6.07, 6.45) is 0.585. The van der Waals surface area contributed by atoms with Crippen LogP contribution in [0.3, 0.4) is 0 Å². The van der Waals surface area contributed by atoms with Crippen LogP contribution in [0.4, 0.5) is 17.2 Å². The Bertz CT molecular complexity index is 1210. The number of carbonyl (C=O) groups is 1. The molecule has 2 N–H and O–H groups in total. The van der Waals surface area contributed by atoms with E-state index in [1.54, 1.807) is 30.8 Å². The van der Waals surface area contributed by atoms with Gasteiger partial charge in [-0.25, -0.2) is 9.83 Å². The van der Waals surface area contributed by atoms with Crippen LogP contribution in [0, 0.1) is 6.57 Å². The molecule has 3 rings (SSSR count). The van der Waals surface area contributed by atoms with Gasteiger partial charge in [-0.1, -0.05) is 23.2 Å². The predicted octanol–water partition coefficient (Wildman–Crippen LogP) is 4.21. The van der Waals surface area contributed by atoms with Crippen molar-refractivity contribution >= 4 is 57.2 Å². The van der Waals surface area contributed by atoms with E-state index in [1.807, 2.05) is 12.1 Å². The lowest BCUT2D eigenvalue weighted by Gasteiger charge is -2.12. The lowest BCUT2D eigenvalue weighted by atomic mass is 10.1. The first kappa shape index (κ1) is 20.6. The Balaban J connectivity index is 1.98. The molecule has 0 spiro atoms. The maximum Gasteiger partial charge on any atom is 0.253 e. The van der Waals surface area contributed by atoms with Crippen LogP contribution in [-0.4, -0.2) is 22.5 Å². The zero-order chi connectivity index (χ0) is 21.1. The summed E-state index contributed by atoms with van der Waals surface area (Å²) in [5.74, 6) is 0.205. The average molecular weight is 430 g/mol. The number of hydrogen-bond acceptors (Lipinski definition) is 4. The number of fused-ring (bicyclic) bond motifs is 1. The van der Waals surface area contributed by atoms with E-state index in [4.69, 9.17) is 29.8 Å². The largest absolute Gasteiger partial charge is 0.359 e. The summed E-state index contributed by atoms with van der Waals surface area (Å²) in [6.45, 7) is 7.06. The van der Waals surface area contributed by atoms with Gasteiger partial charge in [-0.3, -0.25) is 9.59 Å². The molecule has 0 saturated heterocycles. The van der Waals surface area contributed by atoms with E-state index in [2.05, 4.69) is 20.5 Å². The third-order valence-electron chi connectivity index (χ3n) is 4.49. The first-order valence-electron chi connectivity index (χ1n) is 8.67. The monoisotopic (exact) mass is 429 g/mol. The Labute approximate surface area is 177 Å². The lowest BCUT2D eigenvalue weighted by molar-refractivity contribution is -0.120. The van der Waals surface area contributed by atoms with Crippen LogP contribution in [0.5, 0.6) is 0 Å². The van der Waals surface area contributed by atoms with Crippen LogP contribution < -0.4 is 16.2 Å². The van der Waals surface area contributed by atoms with Crippen molar-refractivity contribution in [2.75, 3.05) is 12.4 Å². The lowest BCUT2D eigenvalue weighted by Crippen LogP contribution is -2.24. The Morgan fingerprint density at radius 1 is 1.28 bits per heavy atom. The molecule has 0 bridgehead atoms. The standard InChI is InChI=1S/C20H17Cl2N5O2/c1-23-15-10-14(21)19(26-18(15)22)25-13-5-6-16-12(9-13)8-11(20(29)27(16)3)4-7-17(28)24-2/h5-6,8-10H,4,7H2,2-3H3,(H,24,28)(H,25,26). The Hall–Kier alpha value is -3.08. The van der Waals surface area contributed by atoms with Gasteiger partial charge in [0.05, 0.1) is 17.1 Å².